The molecule has 0 radical (unpaired) electrons. The molecule has 0 atom stereocenters. The Kier molecular flexibility index (Phi) is 4.14. The van der Waals surface area contributed by atoms with Crippen LogP contribution in [-0.2, 0) is 11.3 Å². The second kappa shape index (κ2) is 5.40. The van der Waals surface area contributed by atoms with Gasteiger partial charge >= 0.3 is 0 Å². The summed E-state index contributed by atoms with van der Waals surface area (Å²) in [7, 11) is 0. The van der Waals surface area contributed by atoms with E-state index in [0.717, 1.165) is 6.61 Å². The minimum absolute atomic E-state index is 0.443. The van der Waals surface area contributed by atoms with Crippen LogP contribution in [0.25, 0.3) is 0 Å². The largest absolute Gasteiger partial charge is 0.379 e. The lowest BCUT2D eigenvalue weighted by molar-refractivity contribution is 0.103. The minimum atomic E-state index is 0.443. The molecule has 0 saturated heterocycles. The summed E-state index contributed by atoms with van der Waals surface area (Å²) in [5, 5.41) is 8.68. The molecule has 0 spiro atoms. The number of hydrogen-bond donors (Lipinski definition) is 0. The molecule has 0 bridgehead atoms. The van der Waals surface area contributed by atoms with Gasteiger partial charge in [-0.15, -0.1) is 0 Å². The molecule has 14 heavy (non-hydrogen) atoms. The third kappa shape index (κ3) is 3.19. The molecule has 1 aromatic rings. The van der Waals surface area contributed by atoms with E-state index in [2.05, 4.69) is 18.8 Å². The van der Waals surface area contributed by atoms with Gasteiger partial charge in [0.15, 0.2) is 0 Å². The normalized spacial score (nSPS) is 10.4. The predicted octanol–water partition coefficient (Wildman–Crippen LogP) is 1.43. The van der Waals surface area contributed by atoms with Crippen molar-refractivity contribution < 1.29 is 4.74 Å². The Bertz CT molecular complexity index is 311. The molecule has 0 saturated carbocycles. The number of ether oxygens (including phenoxy) is 1. The summed E-state index contributed by atoms with van der Waals surface area (Å²) >= 11 is 0. The van der Waals surface area contributed by atoms with Gasteiger partial charge in [-0.3, -0.25) is 0 Å². The summed E-state index contributed by atoms with van der Waals surface area (Å²) in [5.74, 6) is 0.992. The van der Waals surface area contributed by atoms with Gasteiger partial charge in [-0.2, -0.15) is 5.26 Å². The lowest BCUT2D eigenvalue weighted by Gasteiger charge is -2.07. The highest BCUT2D eigenvalue weighted by molar-refractivity contribution is 5.10. The molecule has 4 nitrogen and oxygen atoms in total. The van der Waals surface area contributed by atoms with Crippen LogP contribution < -0.4 is 0 Å². The molecule has 0 aliphatic carbocycles. The first-order valence-electron chi connectivity index (χ1n) is 4.73. The van der Waals surface area contributed by atoms with Gasteiger partial charge < -0.3 is 9.30 Å². The van der Waals surface area contributed by atoms with Crippen molar-refractivity contribution in [1.29, 1.82) is 5.26 Å². The van der Waals surface area contributed by atoms with Crippen LogP contribution in [0.4, 0.5) is 0 Å². The third-order valence-electron chi connectivity index (χ3n) is 1.74. The lowest BCUT2D eigenvalue weighted by Crippen LogP contribution is -2.10. The molecular weight excluding hydrogens is 178 g/mol. The molecule has 4 heteroatoms. The molecule has 0 aliphatic rings. The summed E-state index contributed by atoms with van der Waals surface area (Å²) in [6.07, 6.45) is 3.41. The van der Waals surface area contributed by atoms with Crippen LogP contribution in [0.5, 0.6) is 0 Å². The van der Waals surface area contributed by atoms with Crippen molar-refractivity contribution in [2.75, 3.05) is 13.2 Å². The fourth-order valence-corrected chi connectivity index (χ4v) is 1.08. The Hall–Kier alpha value is -1.34. The standard InChI is InChI=1S/C10H15N3O/c1-9(2)8-14-6-5-13-4-3-12-10(13)7-11/h3-4,9H,5-6,8H2,1-2H3. The molecular formula is C10H15N3O. The first-order valence-corrected chi connectivity index (χ1v) is 4.73. The molecule has 0 aliphatic heterocycles. The van der Waals surface area contributed by atoms with Crippen molar-refractivity contribution >= 4 is 0 Å². The van der Waals surface area contributed by atoms with Crippen LogP contribution in [0.2, 0.25) is 0 Å². The average Bonchev–Trinajstić information content (AvgIpc) is 2.59. The zero-order valence-electron chi connectivity index (χ0n) is 8.60. The molecule has 76 valence electrons. The average molecular weight is 193 g/mol. The Balaban J connectivity index is 2.28. The fourth-order valence-electron chi connectivity index (χ4n) is 1.08. The molecule has 0 fully saturated rings. The molecule has 1 aromatic heterocycles. The predicted molar refractivity (Wildman–Crippen MR) is 52.6 cm³/mol. The van der Waals surface area contributed by atoms with Crippen LogP contribution >= 0.6 is 0 Å². The van der Waals surface area contributed by atoms with E-state index in [1.165, 1.54) is 0 Å². The Morgan fingerprint density at radius 1 is 1.64 bits per heavy atom. The Morgan fingerprint density at radius 3 is 3.07 bits per heavy atom. The van der Waals surface area contributed by atoms with E-state index in [1.807, 2.05) is 6.07 Å². The molecule has 0 N–H and O–H groups in total. The summed E-state index contributed by atoms with van der Waals surface area (Å²) in [4.78, 5) is 3.89. The van der Waals surface area contributed by atoms with E-state index < -0.39 is 0 Å². The van der Waals surface area contributed by atoms with E-state index in [-0.39, 0.29) is 0 Å². The maximum Gasteiger partial charge on any atom is 0.212 e. The lowest BCUT2D eigenvalue weighted by atomic mass is 10.2. The van der Waals surface area contributed by atoms with Crippen molar-refractivity contribution in [3.05, 3.63) is 18.2 Å². The maximum absolute atomic E-state index is 8.68. The molecule has 1 heterocycles. The van der Waals surface area contributed by atoms with E-state index in [4.69, 9.17) is 10.00 Å². The first-order chi connectivity index (χ1) is 6.74. The summed E-state index contributed by atoms with van der Waals surface area (Å²) in [6, 6.07) is 2.02. The van der Waals surface area contributed by atoms with Gasteiger partial charge in [0.1, 0.15) is 6.07 Å². The maximum atomic E-state index is 8.68. The van der Waals surface area contributed by atoms with Crippen molar-refractivity contribution in [2.24, 2.45) is 5.92 Å². The second-order valence-corrected chi connectivity index (χ2v) is 3.52. The second-order valence-electron chi connectivity index (χ2n) is 3.52. The smallest absolute Gasteiger partial charge is 0.212 e. The number of aromatic nitrogens is 2. The molecule has 0 aromatic carbocycles. The van der Waals surface area contributed by atoms with Crippen LogP contribution in [0.3, 0.4) is 0 Å². The van der Waals surface area contributed by atoms with E-state index in [1.54, 1.807) is 17.0 Å². The van der Waals surface area contributed by atoms with Crippen molar-refractivity contribution in [3.8, 4) is 6.07 Å². The van der Waals surface area contributed by atoms with Crippen LogP contribution in [0.15, 0.2) is 12.4 Å². The van der Waals surface area contributed by atoms with E-state index in [0.29, 0.717) is 24.9 Å². The van der Waals surface area contributed by atoms with E-state index >= 15 is 0 Å². The van der Waals surface area contributed by atoms with Gasteiger partial charge in [-0.1, -0.05) is 13.8 Å². The fraction of sp³-hybridized carbons (Fsp3) is 0.600. The highest BCUT2D eigenvalue weighted by Crippen LogP contribution is 1.97. The summed E-state index contributed by atoms with van der Waals surface area (Å²) in [5.41, 5.74) is 0. The van der Waals surface area contributed by atoms with Crippen LogP contribution in [-0.4, -0.2) is 22.8 Å². The zero-order chi connectivity index (χ0) is 10.4. The van der Waals surface area contributed by atoms with Gasteiger partial charge in [-0.05, 0) is 5.92 Å². The van der Waals surface area contributed by atoms with Gasteiger partial charge in [0.2, 0.25) is 5.82 Å². The topological polar surface area (TPSA) is 50.8 Å². The molecule has 0 amide bonds. The van der Waals surface area contributed by atoms with Crippen LogP contribution in [0.1, 0.15) is 19.7 Å². The zero-order valence-corrected chi connectivity index (χ0v) is 8.60. The third-order valence-corrected chi connectivity index (χ3v) is 1.74. The highest BCUT2D eigenvalue weighted by atomic mass is 16.5. The number of rotatable bonds is 5. The minimum Gasteiger partial charge on any atom is -0.379 e. The number of imidazole rings is 1. The number of nitrogens with zero attached hydrogens (tertiary/aromatic N) is 3. The van der Waals surface area contributed by atoms with Gasteiger partial charge in [-0.25, -0.2) is 4.98 Å². The summed E-state index contributed by atoms with van der Waals surface area (Å²) in [6.45, 7) is 6.30. The summed E-state index contributed by atoms with van der Waals surface area (Å²) < 4.78 is 7.20. The van der Waals surface area contributed by atoms with Crippen molar-refractivity contribution in [3.63, 3.8) is 0 Å². The van der Waals surface area contributed by atoms with Gasteiger partial charge in [0, 0.05) is 25.5 Å². The highest BCUT2D eigenvalue weighted by Gasteiger charge is 2.00. The van der Waals surface area contributed by atoms with Crippen molar-refractivity contribution in [1.82, 2.24) is 9.55 Å². The monoisotopic (exact) mass is 193 g/mol. The number of nitriles is 1. The van der Waals surface area contributed by atoms with Crippen LogP contribution in [0, 0.1) is 17.2 Å². The molecule has 0 unspecified atom stereocenters. The Labute approximate surface area is 84.1 Å². The quantitative estimate of drug-likeness (QED) is 0.665. The van der Waals surface area contributed by atoms with E-state index in [9.17, 15) is 0 Å². The van der Waals surface area contributed by atoms with Gasteiger partial charge in [0.25, 0.3) is 0 Å². The molecule has 1 rings (SSSR count). The Morgan fingerprint density at radius 2 is 2.43 bits per heavy atom. The van der Waals surface area contributed by atoms with Crippen molar-refractivity contribution in [2.45, 2.75) is 20.4 Å². The van der Waals surface area contributed by atoms with Gasteiger partial charge in [0.05, 0.1) is 6.61 Å². The first kappa shape index (κ1) is 10.7. The SMILES string of the molecule is CC(C)COCCn1ccnc1C#N. The number of hydrogen-bond acceptors (Lipinski definition) is 3.